The van der Waals surface area contributed by atoms with Crippen molar-refractivity contribution >= 4 is 40.8 Å². The van der Waals surface area contributed by atoms with Crippen LogP contribution in [0.4, 0.5) is 11.5 Å². The van der Waals surface area contributed by atoms with E-state index in [1.807, 2.05) is 4.90 Å². The van der Waals surface area contributed by atoms with Gasteiger partial charge in [0.25, 0.3) is 11.8 Å². The van der Waals surface area contributed by atoms with E-state index in [9.17, 15) is 19.5 Å². The quantitative estimate of drug-likeness (QED) is 0.346. The highest BCUT2D eigenvalue weighted by Gasteiger charge is 2.30. The van der Waals surface area contributed by atoms with Gasteiger partial charge in [-0.15, -0.1) is 0 Å². The lowest BCUT2D eigenvalue weighted by molar-refractivity contribution is -0.135. The van der Waals surface area contributed by atoms with Crippen LogP contribution in [0.5, 0.6) is 5.75 Å². The summed E-state index contributed by atoms with van der Waals surface area (Å²) in [4.78, 5) is 47.6. The predicted molar refractivity (Wildman–Crippen MR) is 156 cm³/mol. The van der Waals surface area contributed by atoms with Gasteiger partial charge in [0.2, 0.25) is 5.91 Å². The number of benzene rings is 2. The molecule has 2 fully saturated rings. The van der Waals surface area contributed by atoms with Crippen molar-refractivity contribution in [3.8, 4) is 5.75 Å². The van der Waals surface area contributed by atoms with Crippen molar-refractivity contribution in [1.29, 1.82) is 0 Å². The van der Waals surface area contributed by atoms with Crippen LogP contribution < -0.4 is 10.6 Å². The van der Waals surface area contributed by atoms with E-state index in [2.05, 4.69) is 20.5 Å². The van der Waals surface area contributed by atoms with Crippen LogP contribution in [-0.2, 0) is 9.53 Å². The number of phenols is 1. The maximum absolute atomic E-state index is 13.3. The maximum atomic E-state index is 13.3. The van der Waals surface area contributed by atoms with E-state index in [1.54, 1.807) is 36.4 Å². The van der Waals surface area contributed by atoms with Crippen molar-refractivity contribution in [1.82, 2.24) is 14.8 Å². The van der Waals surface area contributed by atoms with Gasteiger partial charge in [-0.1, -0.05) is 29.8 Å². The smallest absolute Gasteiger partial charge is 0.259 e. The van der Waals surface area contributed by atoms with Crippen LogP contribution in [-0.4, -0.2) is 83.5 Å². The Morgan fingerprint density at radius 1 is 0.976 bits per heavy atom. The van der Waals surface area contributed by atoms with Gasteiger partial charge in [0.1, 0.15) is 11.6 Å². The Morgan fingerprint density at radius 2 is 1.76 bits per heavy atom. The molecular formula is C30H32ClN5O5. The minimum Gasteiger partial charge on any atom is -0.506 e. The van der Waals surface area contributed by atoms with Crippen molar-refractivity contribution in [3.05, 3.63) is 82.5 Å². The summed E-state index contributed by atoms with van der Waals surface area (Å²) in [6.45, 7) is 5.53. The zero-order valence-electron chi connectivity index (χ0n) is 22.5. The molecule has 214 valence electrons. The van der Waals surface area contributed by atoms with Gasteiger partial charge in [-0.05, 0) is 54.8 Å². The van der Waals surface area contributed by atoms with Crippen molar-refractivity contribution in [2.45, 2.75) is 18.8 Å². The highest BCUT2D eigenvalue weighted by Crippen LogP contribution is 2.30. The minimum absolute atomic E-state index is 0.0218. The molecule has 2 aromatic carbocycles. The first-order chi connectivity index (χ1) is 19.9. The molecule has 3 amide bonds. The van der Waals surface area contributed by atoms with Gasteiger partial charge >= 0.3 is 0 Å². The number of carbonyl (C=O) groups excluding carboxylic acids is 3. The lowest BCUT2D eigenvalue weighted by Gasteiger charge is -2.35. The lowest BCUT2D eigenvalue weighted by atomic mass is 9.89. The van der Waals surface area contributed by atoms with E-state index >= 15 is 0 Å². The Balaban J connectivity index is 1.23. The van der Waals surface area contributed by atoms with E-state index in [4.69, 9.17) is 16.3 Å². The van der Waals surface area contributed by atoms with Crippen LogP contribution in [0.25, 0.3) is 0 Å². The molecule has 0 aliphatic carbocycles. The first-order valence-corrected chi connectivity index (χ1v) is 14.0. The Hall–Kier alpha value is -3.99. The zero-order valence-corrected chi connectivity index (χ0v) is 23.3. The number of hydrogen-bond donors (Lipinski definition) is 3. The van der Waals surface area contributed by atoms with Crippen LogP contribution in [0.2, 0.25) is 5.02 Å². The Morgan fingerprint density at radius 3 is 2.49 bits per heavy atom. The minimum atomic E-state index is -0.560. The SMILES string of the molecule is O=C(Nc1c(O)cccc1C(=O)Nc1ccc(Cl)cn1)c1ccc(C2CCCN(CCN3CCOCC3)C2=O)cc1. The van der Waals surface area contributed by atoms with Crippen LogP contribution >= 0.6 is 11.6 Å². The van der Waals surface area contributed by atoms with Crippen LogP contribution in [0.3, 0.4) is 0 Å². The van der Waals surface area contributed by atoms with Crippen LogP contribution in [0.15, 0.2) is 60.8 Å². The summed E-state index contributed by atoms with van der Waals surface area (Å²) in [6, 6.07) is 14.4. The average Bonchev–Trinajstić information content (AvgIpc) is 2.99. The third-order valence-corrected chi connectivity index (χ3v) is 7.61. The third kappa shape index (κ3) is 7.02. The fourth-order valence-corrected chi connectivity index (χ4v) is 5.22. The van der Waals surface area contributed by atoms with Gasteiger partial charge in [-0.3, -0.25) is 19.3 Å². The zero-order chi connectivity index (χ0) is 28.8. The van der Waals surface area contributed by atoms with Crippen molar-refractivity contribution in [2.75, 3.05) is 56.6 Å². The van der Waals surface area contributed by atoms with Crippen molar-refractivity contribution < 1.29 is 24.2 Å². The standard InChI is InChI=1S/C30H32ClN5O5/c31-22-10-11-26(32-19-22)33-29(39)24-3-1-5-25(37)27(24)34-28(38)21-8-6-20(7-9-21)23-4-2-12-36(30(23)40)14-13-35-15-17-41-18-16-35/h1,3,5-11,19,23,37H,2,4,12-18H2,(H,34,38)(H,32,33,39). The van der Waals surface area contributed by atoms with E-state index in [-0.39, 0.29) is 34.6 Å². The second-order valence-electron chi connectivity index (χ2n) is 10.1. The van der Waals surface area contributed by atoms with E-state index in [0.717, 1.165) is 57.8 Å². The molecule has 3 aromatic rings. The van der Waals surface area contributed by atoms with E-state index < -0.39 is 11.8 Å². The fraction of sp³-hybridized carbons (Fsp3) is 0.333. The number of aromatic hydroxyl groups is 1. The molecule has 5 rings (SSSR count). The number of aromatic nitrogens is 1. The normalized spacial score (nSPS) is 17.7. The molecule has 41 heavy (non-hydrogen) atoms. The largest absolute Gasteiger partial charge is 0.506 e. The number of para-hydroxylation sites is 1. The maximum Gasteiger partial charge on any atom is 0.259 e. The molecule has 0 spiro atoms. The molecule has 10 nitrogen and oxygen atoms in total. The van der Waals surface area contributed by atoms with Crippen molar-refractivity contribution in [2.24, 2.45) is 0 Å². The highest BCUT2D eigenvalue weighted by molar-refractivity contribution is 6.30. The molecular weight excluding hydrogens is 546 g/mol. The highest BCUT2D eigenvalue weighted by atomic mass is 35.5. The number of hydrogen-bond acceptors (Lipinski definition) is 7. The second kappa shape index (κ2) is 13.1. The molecule has 3 N–H and O–H groups in total. The number of amides is 3. The molecule has 2 aliphatic rings. The Kier molecular flexibility index (Phi) is 9.13. The van der Waals surface area contributed by atoms with Gasteiger partial charge in [0.05, 0.1) is 35.4 Å². The van der Waals surface area contributed by atoms with Crippen LogP contribution in [0, 0.1) is 0 Å². The molecule has 0 saturated carbocycles. The summed E-state index contributed by atoms with van der Waals surface area (Å²) >= 11 is 5.85. The number of likely N-dealkylation sites (tertiary alicyclic amines) is 1. The summed E-state index contributed by atoms with van der Waals surface area (Å²) in [5, 5.41) is 16.2. The number of rotatable bonds is 8. The fourth-order valence-electron chi connectivity index (χ4n) is 5.11. The molecule has 2 saturated heterocycles. The summed E-state index contributed by atoms with van der Waals surface area (Å²) in [7, 11) is 0. The second-order valence-corrected chi connectivity index (χ2v) is 10.5. The first kappa shape index (κ1) is 28.5. The van der Waals surface area contributed by atoms with Crippen LogP contribution in [0.1, 0.15) is 45.0 Å². The monoisotopic (exact) mass is 577 g/mol. The molecule has 11 heteroatoms. The number of phenolic OH excluding ortho intramolecular Hbond substituents is 1. The summed E-state index contributed by atoms with van der Waals surface area (Å²) in [5.74, 6) is -1.18. The molecule has 3 heterocycles. The molecule has 1 unspecified atom stereocenters. The predicted octanol–water partition coefficient (Wildman–Crippen LogP) is 3.98. The number of piperidine rings is 1. The summed E-state index contributed by atoms with van der Waals surface area (Å²) in [6.07, 6.45) is 3.08. The lowest BCUT2D eigenvalue weighted by Crippen LogP contribution is -2.46. The number of pyridine rings is 1. The van der Waals surface area contributed by atoms with Gasteiger partial charge in [-0.25, -0.2) is 4.98 Å². The number of nitrogens with one attached hydrogen (secondary N) is 2. The van der Waals surface area contributed by atoms with E-state index in [0.29, 0.717) is 17.1 Å². The van der Waals surface area contributed by atoms with Gasteiger partial charge in [-0.2, -0.15) is 0 Å². The number of carbonyl (C=O) groups is 3. The first-order valence-electron chi connectivity index (χ1n) is 13.6. The molecule has 0 bridgehead atoms. The topological polar surface area (TPSA) is 124 Å². The summed E-state index contributed by atoms with van der Waals surface area (Å²) in [5.41, 5.74) is 1.24. The van der Waals surface area contributed by atoms with Crippen molar-refractivity contribution in [3.63, 3.8) is 0 Å². The van der Waals surface area contributed by atoms with Gasteiger partial charge in [0, 0.05) is 44.5 Å². The molecule has 1 atom stereocenters. The molecule has 0 radical (unpaired) electrons. The number of anilines is 2. The third-order valence-electron chi connectivity index (χ3n) is 7.39. The Bertz CT molecular complexity index is 1390. The molecule has 1 aromatic heterocycles. The number of halogens is 1. The van der Waals surface area contributed by atoms with Gasteiger partial charge < -0.3 is 25.4 Å². The number of ether oxygens (including phenoxy) is 1. The Labute approximate surface area is 243 Å². The van der Waals surface area contributed by atoms with E-state index in [1.165, 1.54) is 24.4 Å². The molecule has 2 aliphatic heterocycles. The summed E-state index contributed by atoms with van der Waals surface area (Å²) < 4.78 is 5.41. The van der Waals surface area contributed by atoms with Gasteiger partial charge in [0.15, 0.2) is 0 Å². The number of morpholine rings is 1. The average molecular weight is 578 g/mol. The number of nitrogens with zero attached hydrogens (tertiary/aromatic N) is 3.